The summed E-state index contributed by atoms with van der Waals surface area (Å²) in [6.07, 6.45) is 11.4. The van der Waals surface area contributed by atoms with Crippen LogP contribution in [0.1, 0.15) is 83.2 Å². The maximum atomic E-state index is 12.7. The lowest BCUT2D eigenvalue weighted by molar-refractivity contribution is -0.0233. The van der Waals surface area contributed by atoms with Crippen LogP contribution in [-0.2, 0) is 14.6 Å². The molecule has 0 aliphatic heterocycles. The molecule has 32 heavy (non-hydrogen) atoms. The molecule has 2 saturated carbocycles. The molecule has 0 amide bonds. The van der Waals surface area contributed by atoms with Crippen molar-refractivity contribution in [2.75, 3.05) is 12.9 Å². The Bertz CT molecular complexity index is 1110. The van der Waals surface area contributed by atoms with Crippen LogP contribution < -0.4 is 5.76 Å². The van der Waals surface area contributed by atoms with E-state index < -0.39 is 9.84 Å². The first-order valence-electron chi connectivity index (χ1n) is 12.1. The maximum absolute atomic E-state index is 12.7. The number of hydrogen-bond acceptors (Lipinski definition) is 5. The zero-order chi connectivity index (χ0) is 23.1. The highest BCUT2D eigenvalue weighted by molar-refractivity contribution is 7.90. The van der Waals surface area contributed by atoms with Gasteiger partial charge in [0, 0.05) is 18.9 Å². The molecule has 178 valence electrons. The first-order chi connectivity index (χ1) is 15.1. The van der Waals surface area contributed by atoms with Gasteiger partial charge in [-0.2, -0.15) is 0 Å². The van der Waals surface area contributed by atoms with E-state index in [0.717, 1.165) is 51.6 Å². The maximum Gasteiger partial charge on any atom is 0.420 e. The van der Waals surface area contributed by atoms with E-state index >= 15 is 0 Å². The van der Waals surface area contributed by atoms with Gasteiger partial charge in [0.1, 0.15) is 0 Å². The van der Waals surface area contributed by atoms with Gasteiger partial charge in [-0.3, -0.25) is 4.57 Å². The Morgan fingerprint density at radius 2 is 1.78 bits per heavy atom. The Balaban J connectivity index is 1.49. The van der Waals surface area contributed by atoms with Crippen molar-refractivity contribution in [1.29, 1.82) is 0 Å². The summed E-state index contributed by atoms with van der Waals surface area (Å²) in [5.74, 6) is 0.280. The van der Waals surface area contributed by atoms with Crippen LogP contribution in [0, 0.1) is 18.3 Å². The van der Waals surface area contributed by atoms with Crippen molar-refractivity contribution in [1.82, 2.24) is 4.57 Å². The molecule has 2 aromatic rings. The second-order valence-corrected chi connectivity index (χ2v) is 12.3. The average Bonchev–Trinajstić information content (AvgIpc) is 3.06. The predicted octanol–water partition coefficient (Wildman–Crippen LogP) is 5.41. The number of sulfone groups is 1. The fourth-order valence-electron chi connectivity index (χ4n) is 6.05. The highest BCUT2D eigenvalue weighted by atomic mass is 32.2. The number of ether oxygens (including phenoxy) is 1. The van der Waals surface area contributed by atoms with Gasteiger partial charge in [-0.15, -0.1) is 0 Å². The van der Waals surface area contributed by atoms with Gasteiger partial charge in [-0.1, -0.05) is 13.8 Å². The molecular formula is C25H37NO5S. The lowest BCUT2D eigenvalue weighted by Gasteiger charge is -2.45. The SMILES string of the molecule is CCCO[C@H]1CC[C@](C)(C2CCC(n3c(=O)oc4cc(C)c(S(C)(=O)=O)cc43)CC2)CC1. The Hall–Kier alpha value is -1.60. The summed E-state index contributed by atoms with van der Waals surface area (Å²) >= 11 is 0. The second kappa shape index (κ2) is 8.98. The van der Waals surface area contributed by atoms with Gasteiger partial charge in [0.25, 0.3) is 0 Å². The van der Waals surface area contributed by atoms with Gasteiger partial charge >= 0.3 is 5.76 Å². The van der Waals surface area contributed by atoms with Gasteiger partial charge in [-0.25, -0.2) is 13.2 Å². The molecule has 0 spiro atoms. The first-order valence-corrected chi connectivity index (χ1v) is 14.0. The molecule has 2 aliphatic rings. The highest BCUT2D eigenvalue weighted by Gasteiger charge is 2.40. The number of aromatic nitrogens is 1. The number of aryl methyl sites for hydroxylation is 1. The van der Waals surface area contributed by atoms with Crippen LogP contribution in [0.2, 0.25) is 0 Å². The number of nitrogens with zero attached hydrogens (tertiary/aromatic N) is 1. The van der Waals surface area contributed by atoms with Crippen LogP contribution in [0.15, 0.2) is 26.2 Å². The Morgan fingerprint density at radius 3 is 2.38 bits per heavy atom. The molecule has 1 heterocycles. The van der Waals surface area contributed by atoms with Crippen molar-refractivity contribution in [3.05, 3.63) is 28.2 Å². The first kappa shape index (κ1) is 23.6. The van der Waals surface area contributed by atoms with Crippen molar-refractivity contribution in [2.24, 2.45) is 11.3 Å². The van der Waals surface area contributed by atoms with E-state index in [1.165, 1.54) is 19.1 Å². The average molecular weight is 464 g/mol. The van der Waals surface area contributed by atoms with Gasteiger partial charge < -0.3 is 9.15 Å². The van der Waals surface area contributed by atoms with Crippen LogP contribution >= 0.6 is 0 Å². The Kier molecular flexibility index (Phi) is 6.61. The molecule has 6 nitrogen and oxygen atoms in total. The molecule has 0 atom stereocenters. The minimum atomic E-state index is -3.37. The molecule has 2 aliphatic carbocycles. The smallest absolute Gasteiger partial charge is 0.408 e. The summed E-state index contributed by atoms with van der Waals surface area (Å²) < 4.78 is 37.6. The largest absolute Gasteiger partial charge is 0.420 e. The van der Waals surface area contributed by atoms with Crippen LogP contribution in [0.5, 0.6) is 0 Å². The number of fused-ring (bicyclic) bond motifs is 1. The van der Waals surface area contributed by atoms with Crippen LogP contribution in [0.4, 0.5) is 0 Å². The summed E-state index contributed by atoms with van der Waals surface area (Å²) in [5, 5.41) is 0. The van der Waals surface area contributed by atoms with Gasteiger partial charge in [0.15, 0.2) is 15.4 Å². The van der Waals surface area contributed by atoms with Crippen LogP contribution in [-0.4, -0.2) is 32.0 Å². The van der Waals surface area contributed by atoms with Gasteiger partial charge in [0.05, 0.1) is 16.5 Å². The molecule has 4 rings (SSSR count). The third-order valence-electron chi connectivity index (χ3n) is 7.99. The zero-order valence-electron chi connectivity index (χ0n) is 19.9. The third-order valence-corrected chi connectivity index (χ3v) is 9.23. The molecule has 7 heteroatoms. The Labute approximate surface area is 191 Å². The lowest BCUT2D eigenvalue weighted by atomic mass is 9.62. The summed E-state index contributed by atoms with van der Waals surface area (Å²) in [4.78, 5) is 13.0. The number of rotatable bonds is 6. The van der Waals surface area contributed by atoms with Crippen molar-refractivity contribution >= 4 is 20.9 Å². The predicted molar refractivity (Wildman–Crippen MR) is 126 cm³/mol. The normalized spacial score (nSPS) is 29.4. The molecule has 1 aromatic carbocycles. The highest BCUT2D eigenvalue weighted by Crippen LogP contribution is 2.50. The fourth-order valence-corrected chi connectivity index (χ4v) is 7.02. The van der Waals surface area contributed by atoms with Gasteiger partial charge in [0.2, 0.25) is 0 Å². The van der Waals surface area contributed by atoms with Crippen molar-refractivity contribution in [3.63, 3.8) is 0 Å². The zero-order valence-corrected chi connectivity index (χ0v) is 20.7. The minimum Gasteiger partial charge on any atom is -0.408 e. The standard InChI is InChI=1S/C25H37NO5S/c1-5-14-30-20-10-12-25(3,13-11-20)18-6-8-19(9-7-18)26-21-16-23(32(4,28)29)17(2)15-22(21)31-24(26)27/h15-16,18-20H,5-14H2,1-4H3/t18?,19?,20-,25-. The third kappa shape index (κ3) is 4.56. The molecule has 0 bridgehead atoms. The Morgan fingerprint density at radius 1 is 1.12 bits per heavy atom. The lowest BCUT2D eigenvalue weighted by Crippen LogP contribution is -2.37. The summed E-state index contributed by atoms with van der Waals surface area (Å²) in [5.41, 5.74) is 2.03. The quantitative estimate of drug-likeness (QED) is 0.572. The summed E-state index contributed by atoms with van der Waals surface area (Å²) in [6, 6.07) is 3.36. The van der Waals surface area contributed by atoms with Crippen molar-refractivity contribution < 1.29 is 17.6 Å². The van der Waals surface area contributed by atoms with Gasteiger partial charge in [-0.05, 0) is 93.7 Å². The second-order valence-electron chi connectivity index (χ2n) is 10.3. The van der Waals surface area contributed by atoms with E-state index in [1.807, 2.05) is 0 Å². The molecule has 2 fully saturated rings. The van der Waals surface area contributed by atoms with Crippen molar-refractivity contribution in [2.45, 2.75) is 95.6 Å². The van der Waals surface area contributed by atoms with Crippen LogP contribution in [0.3, 0.4) is 0 Å². The molecule has 1 aromatic heterocycles. The van der Waals surface area contributed by atoms with E-state index in [1.54, 1.807) is 23.6 Å². The van der Waals surface area contributed by atoms with E-state index in [2.05, 4.69) is 13.8 Å². The summed E-state index contributed by atoms with van der Waals surface area (Å²) in [6.45, 7) is 7.19. The molecule has 0 N–H and O–H groups in total. The summed E-state index contributed by atoms with van der Waals surface area (Å²) in [7, 11) is -3.37. The van der Waals surface area contributed by atoms with E-state index in [-0.39, 0.29) is 16.7 Å². The molecule has 0 saturated heterocycles. The van der Waals surface area contributed by atoms with Crippen molar-refractivity contribution in [3.8, 4) is 0 Å². The monoisotopic (exact) mass is 463 g/mol. The number of oxazole rings is 1. The van der Waals surface area contributed by atoms with E-state index in [4.69, 9.17) is 9.15 Å². The van der Waals surface area contributed by atoms with Crippen LogP contribution in [0.25, 0.3) is 11.1 Å². The molecular weight excluding hydrogens is 426 g/mol. The fraction of sp³-hybridized carbons (Fsp3) is 0.720. The molecule has 0 radical (unpaired) electrons. The number of benzene rings is 1. The minimum absolute atomic E-state index is 0.0583. The topological polar surface area (TPSA) is 78.5 Å². The number of hydrogen-bond donors (Lipinski definition) is 0. The van der Waals surface area contributed by atoms with E-state index in [9.17, 15) is 13.2 Å². The van der Waals surface area contributed by atoms with E-state index in [0.29, 0.717) is 34.1 Å². The molecule has 0 unspecified atom stereocenters.